The second-order valence-electron chi connectivity index (χ2n) is 7.37. The van der Waals surface area contributed by atoms with Gasteiger partial charge in [0.15, 0.2) is 11.6 Å². The van der Waals surface area contributed by atoms with Crippen LogP contribution in [0.2, 0.25) is 0 Å². The molecular formula is C28H22O3S. The Labute approximate surface area is 190 Å². The number of carbonyl (C=O) groups excluding carboxylic acids is 2. The molecule has 0 amide bonds. The van der Waals surface area contributed by atoms with E-state index in [0.717, 1.165) is 0 Å². The molecular weight excluding hydrogens is 416 g/mol. The molecule has 0 radical (unpaired) electrons. The third-order valence-electron chi connectivity index (χ3n) is 5.26. The van der Waals surface area contributed by atoms with Gasteiger partial charge in [-0.1, -0.05) is 121 Å². The van der Waals surface area contributed by atoms with E-state index in [-0.39, 0.29) is 11.6 Å². The third-order valence-corrected chi connectivity index (χ3v) is 7.16. The van der Waals surface area contributed by atoms with E-state index in [4.69, 9.17) is 0 Å². The lowest BCUT2D eigenvalue weighted by molar-refractivity contribution is 0.0985. The van der Waals surface area contributed by atoms with Crippen molar-refractivity contribution in [2.24, 2.45) is 0 Å². The first kappa shape index (κ1) is 21.6. The fourth-order valence-corrected chi connectivity index (χ4v) is 5.50. The Morgan fingerprint density at radius 2 is 0.750 bits per heavy atom. The molecule has 158 valence electrons. The SMILES string of the molecule is O=C(c1ccccc1)C(c1ccccc1)S(=O)C(C(=O)c1ccccc1)c1ccccc1. The third kappa shape index (κ3) is 4.66. The number of hydrogen-bond acceptors (Lipinski definition) is 3. The van der Waals surface area contributed by atoms with Gasteiger partial charge in [0.2, 0.25) is 0 Å². The van der Waals surface area contributed by atoms with Gasteiger partial charge >= 0.3 is 0 Å². The zero-order chi connectivity index (χ0) is 22.3. The van der Waals surface area contributed by atoms with E-state index in [0.29, 0.717) is 22.3 Å². The zero-order valence-electron chi connectivity index (χ0n) is 17.3. The molecule has 0 fully saturated rings. The Bertz CT molecular complexity index is 1110. The van der Waals surface area contributed by atoms with Crippen LogP contribution in [0.4, 0.5) is 0 Å². The molecule has 32 heavy (non-hydrogen) atoms. The number of carbonyl (C=O) groups is 2. The first-order valence-electron chi connectivity index (χ1n) is 10.3. The van der Waals surface area contributed by atoms with Crippen LogP contribution in [0.1, 0.15) is 42.3 Å². The van der Waals surface area contributed by atoms with Crippen LogP contribution in [-0.4, -0.2) is 15.8 Å². The summed E-state index contributed by atoms with van der Waals surface area (Å²) in [6.45, 7) is 0. The molecule has 3 nitrogen and oxygen atoms in total. The number of rotatable bonds is 8. The summed E-state index contributed by atoms with van der Waals surface area (Å²) < 4.78 is 14.1. The summed E-state index contributed by atoms with van der Waals surface area (Å²) in [6.07, 6.45) is 0. The summed E-state index contributed by atoms with van der Waals surface area (Å²) in [6, 6.07) is 35.7. The monoisotopic (exact) mass is 438 g/mol. The second kappa shape index (κ2) is 10.1. The average Bonchev–Trinajstić information content (AvgIpc) is 2.86. The van der Waals surface area contributed by atoms with Crippen molar-refractivity contribution in [3.05, 3.63) is 144 Å². The normalized spacial score (nSPS) is 13.6. The van der Waals surface area contributed by atoms with Crippen molar-refractivity contribution in [1.82, 2.24) is 0 Å². The maximum absolute atomic E-state index is 14.1. The van der Waals surface area contributed by atoms with Crippen LogP contribution in [0.3, 0.4) is 0 Å². The maximum Gasteiger partial charge on any atom is 0.182 e. The molecule has 4 aromatic rings. The van der Waals surface area contributed by atoms with Crippen LogP contribution in [0.15, 0.2) is 121 Å². The van der Waals surface area contributed by atoms with Crippen molar-refractivity contribution >= 4 is 22.4 Å². The molecule has 0 aliphatic rings. The number of hydrogen-bond donors (Lipinski definition) is 0. The topological polar surface area (TPSA) is 51.2 Å². The minimum atomic E-state index is -1.86. The summed E-state index contributed by atoms with van der Waals surface area (Å²) >= 11 is 0. The summed E-state index contributed by atoms with van der Waals surface area (Å²) in [4.78, 5) is 27.2. The molecule has 4 heteroatoms. The highest BCUT2D eigenvalue weighted by Crippen LogP contribution is 2.35. The van der Waals surface area contributed by atoms with Crippen LogP contribution in [0.25, 0.3) is 0 Å². The van der Waals surface area contributed by atoms with E-state index in [9.17, 15) is 13.8 Å². The van der Waals surface area contributed by atoms with E-state index < -0.39 is 21.3 Å². The molecule has 0 heterocycles. The highest BCUT2D eigenvalue weighted by molar-refractivity contribution is 7.87. The van der Waals surface area contributed by atoms with Gasteiger partial charge in [-0.3, -0.25) is 13.8 Å². The lowest BCUT2D eigenvalue weighted by Crippen LogP contribution is -2.27. The van der Waals surface area contributed by atoms with Gasteiger partial charge in [0.1, 0.15) is 10.5 Å². The Kier molecular flexibility index (Phi) is 6.83. The average molecular weight is 439 g/mol. The number of Topliss-reactive ketones (excluding diaryl/α,β-unsaturated/α-hetero) is 2. The van der Waals surface area contributed by atoms with Gasteiger partial charge in [0.05, 0.1) is 10.8 Å². The maximum atomic E-state index is 14.1. The van der Waals surface area contributed by atoms with Crippen LogP contribution in [0, 0.1) is 0 Å². The van der Waals surface area contributed by atoms with Crippen molar-refractivity contribution in [3.63, 3.8) is 0 Å². The lowest BCUT2D eigenvalue weighted by atomic mass is 10.0. The van der Waals surface area contributed by atoms with E-state index in [1.165, 1.54) is 0 Å². The summed E-state index contributed by atoms with van der Waals surface area (Å²) in [7, 11) is -1.86. The minimum Gasteiger partial charge on any atom is -0.292 e. The van der Waals surface area contributed by atoms with E-state index in [1.807, 2.05) is 48.5 Å². The van der Waals surface area contributed by atoms with Gasteiger partial charge in [-0.25, -0.2) is 0 Å². The first-order chi connectivity index (χ1) is 15.7. The molecule has 0 aliphatic heterocycles. The Hall–Kier alpha value is -3.63. The van der Waals surface area contributed by atoms with E-state index >= 15 is 0 Å². The Balaban J connectivity index is 1.83. The van der Waals surface area contributed by atoms with Crippen LogP contribution in [0.5, 0.6) is 0 Å². The van der Waals surface area contributed by atoms with Crippen molar-refractivity contribution < 1.29 is 13.8 Å². The molecule has 4 aromatic carbocycles. The fraction of sp³-hybridized carbons (Fsp3) is 0.0714. The quantitative estimate of drug-likeness (QED) is 0.318. The molecule has 0 N–H and O–H groups in total. The van der Waals surface area contributed by atoms with Crippen LogP contribution < -0.4 is 0 Å². The fourth-order valence-electron chi connectivity index (χ4n) is 3.68. The van der Waals surface area contributed by atoms with Gasteiger partial charge in [-0.05, 0) is 11.1 Å². The molecule has 0 saturated carbocycles. The number of benzene rings is 4. The van der Waals surface area contributed by atoms with Crippen molar-refractivity contribution in [1.29, 1.82) is 0 Å². The summed E-state index contributed by atoms with van der Waals surface area (Å²) in [5, 5.41) is -1.95. The molecule has 4 rings (SSSR count). The molecule has 2 atom stereocenters. The van der Waals surface area contributed by atoms with Crippen molar-refractivity contribution in [2.45, 2.75) is 10.5 Å². The second-order valence-corrected chi connectivity index (χ2v) is 8.97. The van der Waals surface area contributed by atoms with E-state index in [2.05, 4.69) is 0 Å². The predicted octanol–water partition coefficient (Wildman–Crippen LogP) is 5.98. The van der Waals surface area contributed by atoms with Crippen LogP contribution in [-0.2, 0) is 10.8 Å². The lowest BCUT2D eigenvalue weighted by Gasteiger charge is -2.23. The highest BCUT2D eigenvalue weighted by atomic mass is 32.2. The smallest absolute Gasteiger partial charge is 0.182 e. The van der Waals surface area contributed by atoms with Crippen LogP contribution >= 0.6 is 0 Å². The first-order valence-corrected chi connectivity index (χ1v) is 11.6. The van der Waals surface area contributed by atoms with Gasteiger partial charge in [0.25, 0.3) is 0 Å². The van der Waals surface area contributed by atoms with Gasteiger partial charge in [-0.15, -0.1) is 0 Å². The van der Waals surface area contributed by atoms with Gasteiger partial charge < -0.3 is 0 Å². The predicted molar refractivity (Wildman–Crippen MR) is 128 cm³/mol. The number of ketones is 2. The molecule has 2 unspecified atom stereocenters. The zero-order valence-corrected chi connectivity index (χ0v) is 18.2. The molecule has 0 aromatic heterocycles. The van der Waals surface area contributed by atoms with Gasteiger partial charge in [-0.2, -0.15) is 0 Å². The minimum absolute atomic E-state index is 0.267. The molecule has 0 aliphatic carbocycles. The summed E-state index contributed by atoms with van der Waals surface area (Å²) in [5.74, 6) is -0.533. The molecule has 0 bridgehead atoms. The Morgan fingerprint density at radius 1 is 0.469 bits per heavy atom. The van der Waals surface area contributed by atoms with E-state index in [1.54, 1.807) is 72.8 Å². The molecule has 0 spiro atoms. The van der Waals surface area contributed by atoms with Crippen molar-refractivity contribution in [2.75, 3.05) is 0 Å². The molecule has 0 saturated heterocycles. The summed E-state index contributed by atoms with van der Waals surface area (Å²) in [5.41, 5.74) is 2.19. The van der Waals surface area contributed by atoms with Gasteiger partial charge in [0, 0.05) is 11.1 Å². The largest absolute Gasteiger partial charge is 0.292 e. The highest BCUT2D eigenvalue weighted by Gasteiger charge is 2.37. The standard InChI is InChI=1S/C28H22O3S/c29-25(21-13-5-1-6-14-21)27(23-17-9-3-10-18-23)32(31)28(24-19-11-4-12-20-24)26(30)22-15-7-2-8-16-22/h1-20,27-28H. The Morgan fingerprint density at radius 3 is 1.06 bits per heavy atom. The van der Waals surface area contributed by atoms with Crippen molar-refractivity contribution in [3.8, 4) is 0 Å².